The third-order valence-corrected chi connectivity index (χ3v) is 8.72. The summed E-state index contributed by atoms with van der Waals surface area (Å²) >= 11 is 0. The number of nitrogens with zero attached hydrogens (tertiary/aromatic N) is 3. The molecule has 0 bridgehead atoms. The van der Waals surface area contributed by atoms with E-state index < -0.39 is 21.4 Å². The van der Waals surface area contributed by atoms with Crippen LogP contribution in [0.15, 0.2) is 83.9 Å². The van der Waals surface area contributed by atoms with Crippen molar-refractivity contribution in [1.29, 1.82) is 0 Å². The number of hydrogen-bond acceptors (Lipinski definition) is 6. The topological polar surface area (TPSA) is 89.5 Å². The van der Waals surface area contributed by atoms with Gasteiger partial charge in [-0.25, -0.2) is 13.4 Å². The summed E-state index contributed by atoms with van der Waals surface area (Å²) in [6.07, 6.45) is -2.76. The monoisotopic (exact) mass is 541 g/mol. The summed E-state index contributed by atoms with van der Waals surface area (Å²) in [7, 11) is -3.64. The molecule has 196 valence electrons. The summed E-state index contributed by atoms with van der Waals surface area (Å²) in [6.45, 7) is 0.559. The normalized spacial score (nSPS) is 15.0. The van der Waals surface area contributed by atoms with Crippen LogP contribution < -0.4 is 4.74 Å². The van der Waals surface area contributed by atoms with E-state index in [2.05, 4.69) is 14.7 Å². The molecule has 1 aromatic heterocycles. The summed E-state index contributed by atoms with van der Waals surface area (Å²) in [6, 6.07) is 18.8. The number of piperidine rings is 1. The second kappa shape index (κ2) is 10.1. The summed E-state index contributed by atoms with van der Waals surface area (Å²) in [4.78, 5) is 23.4. The van der Waals surface area contributed by atoms with Gasteiger partial charge in [-0.2, -0.15) is 0 Å². The van der Waals surface area contributed by atoms with E-state index >= 15 is 0 Å². The van der Waals surface area contributed by atoms with Crippen molar-refractivity contribution >= 4 is 26.8 Å². The van der Waals surface area contributed by atoms with Gasteiger partial charge in [0, 0.05) is 13.1 Å². The number of halogens is 3. The van der Waals surface area contributed by atoms with E-state index in [0.717, 1.165) is 0 Å². The van der Waals surface area contributed by atoms with E-state index in [4.69, 9.17) is 0 Å². The summed E-state index contributed by atoms with van der Waals surface area (Å²) < 4.78 is 67.5. The first-order valence-electron chi connectivity index (χ1n) is 11.8. The predicted octanol–water partition coefficient (Wildman–Crippen LogP) is 5.27. The highest BCUT2D eigenvalue weighted by Crippen LogP contribution is 2.29. The Morgan fingerprint density at radius 1 is 0.868 bits per heavy atom. The number of alkyl halides is 3. The molecule has 38 heavy (non-hydrogen) atoms. The van der Waals surface area contributed by atoms with Gasteiger partial charge in [0.25, 0.3) is 5.91 Å². The molecule has 0 radical (unpaired) electrons. The SMILES string of the molecule is O=C(c1cnc2ccccc2n1)N1CCC(S(=O)(=O)c2ccc(-c3ccc(OC(F)(F)F)cc3)cc2)CC1. The van der Waals surface area contributed by atoms with Crippen LogP contribution in [0.3, 0.4) is 0 Å². The summed E-state index contributed by atoms with van der Waals surface area (Å²) in [5, 5.41) is -0.640. The van der Waals surface area contributed by atoms with Crippen molar-refractivity contribution in [2.75, 3.05) is 13.1 Å². The van der Waals surface area contributed by atoms with E-state index in [0.29, 0.717) is 22.2 Å². The lowest BCUT2D eigenvalue weighted by Crippen LogP contribution is -2.42. The molecule has 3 aromatic carbocycles. The van der Waals surface area contributed by atoms with Gasteiger partial charge in [0.1, 0.15) is 11.4 Å². The molecule has 0 spiro atoms. The largest absolute Gasteiger partial charge is 0.573 e. The highest BCUT2D eigenvalue weighted by molar-refractivity contribution is 7.92. The van der Waals surface area contributed by atoms with Crippen molar-refractivity contribution in [3.05, 3.63) is 84.7 Å². The zero-order valence-corrected chi connectivity index (χ0v) is 20.7. The number of likely N-dealkylation sites (tertiary alicyclic amines) is 1. The van der Waals surface area contributed by atoms with Crippen LogP contribution >= 0.6 is 0 Å². The molecule has 1 aliphatic heterocycles. The highest BCUT2D eigenvalue weighted by atomic mass is 32.2. The van der Waals surface area contributed by atoms with Crippen molar-refractivity contribution in [2.24, 2.45) is 0 Å². The number of hydrogen-bond donors (Lipinski definition) is 0. The molecular weight excluding hydrogens is 519 g/mol. The van der Waals surface area contributed by atoms with Gasteiger partial charge in [0.05, 0.1) is 27.4 Å². The molecule has 1 saturated heterocycles. The van der Waals surface area contributed by atoms with Crippen molar-refractivity contribution < 1.29 is 31.1 Å². The fourth-order valence-electron chi connectivity index (χ4n) is 4.47. The Labute approximate surface area is 216 Å². The average Bonchev–Trinajstić information content (AvgIpc) is 2.92. The molecule has 1 aliphatic rings. The zero-order valence-electron chi connectivity index (χ0n) is 19.9. The molecule has 2 heterocycles. The van der Waals surface area contributed by atoms with Crippen LogP contribution in [-0.4, -0.2) is 53.9 Å². The zero-order chi connectivity index (χ0) is 26.9. The van der Waals surface area contributed by atoms with Crippen LogP contribution in [-0.2, 0) is 9.84 Å². The summed E-state index contributed by atoms with van der Waals surface area (Å²) in [5.41, 5.74) is 2.79. The number of para-hydroxylation sites is 2. The third kappa shape index (κ3) is 5.47. The van der Waals surface area contributed by atoms with Gasteiger partial charge in [-0.05, 0) is 60.4 Å². The van der Waals surface area contributed by atoms with Crippen LogP contribution in [0.1, 0.15) is 23.3 Å². The van der Waals surface area contributed by atoms with Gasteiger partial charge < -0.3 is 9.64 Å². The van der Waals surface area contributed by atoms with Gasteiger partial charge in [-0.1, -0.05) is 36.4 Å². The molecule has 1 fully saturated rings. The lowest BCUT2D eigenvalue weighted by atomic mass is 10.1. The molecule has 7 nitrogen and oxygen atoms in total. The number of amides is 1. The average molecular weight is 542 g/mol. The maximum Gasteiger partial charge on any atom is 0.573 e. The first-order chi connectivity index (χ1) is 18.1. The molecule has 1 amide bonds. The van der Waals surface area contributed by atoms with Gasteiger partial charge in [0.15, 0.2) is 9.84 Å². The molecule has 0 saturated carbocycles. The number of fused-ring (bicyclic) bond motifs is 1. The van der Waals surface area contributed by atoms with Crippen molar-refractivity contribution in [3.8, 4) is 16.9 Å². The molecule has 0 atom stereocenters. The Bertz CT molecular complexity index is 1570. The van der Waals surface area contributed by atoms with Crippen LogP contribution in [0, 0.1) is 0 Å². The number of ether oxygens (including phenoxy) is 1. The Balaban J connectivity index is 1.23. The minimum atomic E-state index is -4.77. The number of rotatable bonds is 5. The standard InChI is InChI=1S/C27H22F3N3O4S/c28-27(29,30)37-20-9-5-18(6-10-20)19-7-11-21(12-8-19)38(35,36)22-13-15-33(16-14-22)26(34)25-17-31-23-3-1-2-4-24(23)32-25/h1-12,17,22H,13-16H2. The Morgan fingerprint density at radius 3 is 2.05 bits per heavy atom. The fraction of sp³-hybridized carbons (Fsp3) is 0.222. The van der Waals surface area contributed by atoms with Crippen LogP contribution in [0.25, 0.3) is 22.2 Å². The minimum Gasteiger partial charge on any atom is -0.406 e. The molecule has 0 unspecified atom stereocenters. The van der Waals surface area contributed by atoms with Gasteiger partial charge >= 0.3 is 6.36 Å². The first-order valence-corrected chi connectivity index (χ1v) is 13.4. The second-order valence-electron chi connectivity index (χ2n) is 8.88. The molecule has 4 aromatic rings. The van der Waals surface area contributed by atoms with Crippen LogP contribution in [0.4, 0.5) is 13.2 Å². The molecular formula is C27H22F3N3O4S. The Hall–Kier alpha value is -3.99. The number of sulfone groups is 1. The minimum absolute atomic E-state index is 0.156. The Morgan fingerprint density at radius 2 is 1.45 bits per heavy atom. The quantitative estimate of drug-likeness (QED) is 0.342. The van der Waals surface area contributed by atoms with Crippen molar-refractivity contribution in [2.45, 2.75) is 29.3 Å². The highest BCUT2D eigenvalue weighted by Gasteiger charge is 2.33. The molecule has 0 aliphatic carbocycles. The maximum atomic E-state index is 13.3. The van der Waals surface area contributed by atoms with Crippen LogP contribution in [0.5, 0.6) is 5.75 Å². The van der Waals surface area contributed by atoms with E-state index in [1.165, 1.54) is 42.6 Å². The van der Waals surface area contributed by atoms with E-state index in [1.54, 1.807) is 23.1 Å². The van der Waals surface area contributed by atoms with E-state index in [9.17, 15) is 26.4 Å². The predicted molar refractivity (Wildman–Crippen MR) is 134 cm³/mol. The van der Waals surface area contributed by atoms with E-state index in [1.807, 2.05) is 18.2 Å². The lowest BCUT2D eigenvalue weighted by Gasteiger charge is -2.31. The molecule has 5 rings (SSSR count). The number of carbonyl (C=O) groups is 1. The van der Waals surface area contributed by atoms with Gasteiger partial charge in [-0.3, -0.25) is 9.78 Å². The van der Waals surface area contributed by atoms with Crippen molar-refractivity contribution in [3.63, 3.8) is 0 Å². The first kappa shape index (κ1) is 25.7. The fourth-order valence-corrected chi connectivity index (χ4v) is 6.20. The van der Waals surface area contributed by atoms with Crippen molar-refractivity contribution in [1.82, 2.24) is 14.9 Å². The number of aromatic nitrogens is 2. The smallest absolute Gasteiger partial charge is 0.406 e. The second-order valence-corrected chi connectivity index (χ2v) is 11.1. The maximum absolute atomic E-state index is 13.3. The number of carbonyl (C=O) groups excluding carboxylic acids is 1. The lowest BCUT2D eigenvalue weighted by molar-refractivity contribution is -0.274. The number of benzene rings is 3. The Kier molecular flexibility index (Phi) is 6.78. The van der Waals surface area contributed by atoms with E-state index in [-0.39, 0.29) is 48.2 Å². The summed E-state index contributed by atoms with van der Waals surface area (Å²) in [5.74, 6) is -0.618. The van der Waals surface area contributed by atoms with Gasteiger partial charge in [-0.15, -0.1) is 13.2 Å². The third-order valence-electron chi connectivity index (χ3n) is 6.44. The molecule has 11 heteroatoms. The molecule has 0 N–H and O–H groups in total. The van der Waals surface area contributed by atoms with Crippen LogP contribution in [0.2, 0.25) is 0 Å². The van der Waals surface area contributed by atoms with Gasteiger partial charge in [0.2, 0.25) is 0 Å².